The van der Waals surface area contributed by atoms with E-state index in [9.17, 15) is 5.11 Å². The van der Waals surface area contributed by atoms with Crippen LogP contribution in [0.1, 0.15) is 77.0 Å². The van der Waals surface area contributed by atoms with Gasteiger partial charge in [0.15, 0.2) is 0 Å². The third kappa shape index (κ3) is 3.92. The average molecular weight is 290 g/mol. The van der Waals surface area contributed by atoms with Crippen molar-refractivity contribution in [2.45, 2.75) is 83.2 Å². The van der Waals surface area contributed by atoms with Crippen LogP contribution in [-0.4, -0.2) is 11.2 Å². The maximum absolute atomic E-state index is 9.71. The molecule has 21 heavy (non-hydrogen) atoms. The highest BCUT2D eigenvalue weighted by Crippen LogP contribution is 2.49. The van der Waals surface area contributed by atoms with E-state index in [1.165, 1.54) is 64.2 Å². The van der Waals surface area contributed by atoms with Crippen molar-refractivity contribution in [3.63, 3.8) is 0 Å². The van der Waals surface area contributed by atoms with E-state index in [1.807, 2.05) is 0 Å². The Morgan fingerprint density at radius 3 is 2.05 bits per heavy atom. The second-order valence-corrected chi connectivity index (χ2v) is 8.21. The van der Waals surface area contributed by atoms with Gasteiger partial charge in [0, 0.05) is 0 Å². The summed E-state index contributed by atoms with van der Waals surface area (Å²) < 4.78 is 0. The van der Waals surface area contributed by atoms with Crippen LogP contribution in [0.5, 0.6) is 0 Å². The van der Waals surface area contributed by atoms with Gasteiger partial charge in [-0.2, -0.15) is 0 Å². The van der Waals surface area contributed by atoms with Gasteiger partial charge >= 0.3 is 0 Å². The van der Waals surface area contributed by atoms with Gasteiger partial charge < -0.3 is 5.11 Å². The zero-order valence-electron chi connectivity index (χ0n) is 13.7. The molecule has 0 amide bonds. The largest absolute Gasteiger partial charge is 0.393 e. The van der Waals surface area contributed by atoms with E-state index < -0.39 is 0 Å². The second-order valence-electron chi connectivity index (χ2n) is 8.21. The number of fused-ring (bicyclic) bond motifs is 1. The van der Waals surface area contributed by atoms with Crippen LogP contribution < -0.4 is 0 Å². The smallest absolute Gasteiger partial charge is 0.0540 e. The monoisotopic (exact) mass is 290 g/mol. The van der Waals surface area contributed by atoms with E-state index in [-0.39, 0.29) is 6.10 Å². The summed E-state index contributed by atoms with van der Waals surface area (Å²) in [5.74, 6) is 5.00. The lowest BCUT2D eigenvalue weighted by Crippen LogP contribution is -2.35. The highest BCUT2D eigenvalue weighted by molar-refractivity contribution is 4.89. The molecule has 4 unspecified atom stereocenters. The lowest BCUT2D eigenvalue weighted by atomic mass is 9.61. The number of hydrogen-bond acceptors (Lipinski definition) is 1. The van der Waals surface area contributed by atoms with E-state index in [2.05, 4.69) is 12.7 Å². The topological polar surface area (TPSA) is 20.2 Å². The zero-order valence-corrected chi connectivity index (χ0v) is 13.7. The van der Waals surface area contributed by atoms with Crippen molar-refractivity contribution in [3.8, 4) is 0 Å². The van der Waals surface area contributed by atoms with Crippen LogP contribution in [0.25, 0.3) is 0 Å². The Morgan fingerprint density at radius 2 is 1.33 bits per heavy atom. The summed E-state index contributed by atoms with van der Waals surface area (Å²) in [4.78, 5) is 0. The Bertz CT molecular complexity index is 329. The first-order valence-corrected chi connectivity index (χ1v) is 9.55. The summed E-state index contributed by atoms with van der Waals surface area (Å²) in [5.41, 5.74) is 0. The average Bonchev–Trinajstić information content (AvgIpc) is 2.53. The standard InChI is InChI=1S/C20H34O/c1-2-3-4-15-5-6-19-14-18(8-7-17(19)13-15)16-9-11-20(21)12-10-16/h2,15-21H,1,3-14H2. The molecule has 0 aromatic carbocycles. The molecule has 0 heterocycles. The van der Waals surface area contributed by atoms with Crippen LogP contribution in [0.3, 0.4) is 0 Å². The van der Waals surface area contributed by atoms with Gasteiger partial charge in [-0.3, -0.25) is 0 Å². The number of allylic oxidation sites excluding steroid dienone is 1. The lowest BCUT2D eigenvalue weighted by molar-refractivity contribution is 0.0406. The van der Waals surface area contributed by atoms with Crippen LogP contribution in [0.15, 0.2) is 12.7 Å². The van der Waals surface area contributed by atoms with Gasteiger partial charge in [-0.1, -0.05) is 12.5 Å². The minimum atomic E-state index is 0.0119. The molecule has 1 nitrogen and oxygen atoms in total. The molecule has 3 aliphatic rings. The van der Waals surface area contributed by atoms with E-state index in [0.29, 0.717) is 0 Å². The highest BCUT2D eigenvalue weighted by Gasteiger charge is 2.38. The fourth-order valence-corrected chi connectivity index (χ4v) is 5.64. The summed E-state index contributed by atoms with van der Waals surface area (Å²) in [6.45, 7) is 3.88. The predicted octanol–water partition coefficient (Wildman–Crippen LogP) is 5.34. The summed E-state index contributed by atoms with van der Waals surface area (Å²) in [6.07, 6.45) is 18.4. The first-order chi connectivity index (χ1) is 10.3. The minimum absolute atomic E-state index is 0.0119. The first kappa shape index (κ1) is 15.6. The van der Waals surface area contributed by atoms with Crippen LogP contribution in [-0.2, 0) is 0 Å². The molecule has 3 aliphatic carbocycles. The molecule has 1 N–H and O–H groups in total. The van der Waals surface area contributed by atoms with Crippen molar-refractivity contribution >= 4 is 0 Å². The molecule has 0 bridgehead atoms. The summed E-state index contributed by atoms with van der Waals surface area (Å²) >= 11 is 0. The molecule has 120 valence electrons. The maximum atomic E-state index is 9.71. The summed E-state index contributed by atoms with van der Waals surface area (Å²) in [6, 6.07) is 0. The molecule has 3 fully saturated rings. The van der Waals surface area contributed by atoms with Crippen LogP contribution in [0.4, 0.5) is 0 Å². The van der Waals surface area contributed by atoms with E-state index in [1.54, 1.807) is 0 Å². The Morgan fingerprint density at radius 1 is 0.762 bits per heavy atom. The quantitative estimate of drug-likeness (QED) is 0.693. The van der Waals surface area contributed by atoms with Crippen LogP contribution >= 0.6 is 0 Å². The third-order valence-corrected chi connectivity index (χ3v) is 6.95. The molecule has 3 rings (SSSR count). The van der Waals surface area contributed by atoms with Crippen molar-refractivity contribution < 1.29 is 5.11 Å². The third-order valence-electron chi connectivity index (χ3n) is 6.95. The zero-order chi connectivity index (χ0) is 14.7. The fourth-order valence-electron chi connectivity index (χ4n) is 5.64. The van der Waals surface area contributed by atoms with E-state index in [4.69, 9.17) is 0 Å². The van der Waals surface area contributed by atoms with Gasteiger partial charge in [0.1, 0.15) is 0 Å². The molecule has 0 spiro atoms. The second kappa shape index (κ2) is 7.31. The molecule has 0 aromatic heterocycles. The van der Waals surface area contributed by atoms with Gasteiger partial charge in [0.05, 0.1) is 6.10 Å². The molecule has 3 saturated carbocycles. The Labute approximate surface area is 131 Å². The maximum Gasteiger partial charge on any atom is 0.0540 e. The first-order valence-electron chi connectivity index (χ1n) is 9.55. The summed E-state index contributed by atoms with van der Waals surface area (Å²) in [7, 11) is 0. The number of aliphatic hydroxyl groups is 1. The van der Waals surface area contributed by atoms with Crippen molar-refractivity contribution in [1.82, 2.24) is 0 Å². The Hall–Kier alpha value is -0.300. The van der Waals surface area contributed by atoms with Crippen molar-refractivity contribution in [3.05, 3.63) is 12.7 Å². The van der Waals surface area contributed by atoms with Crippen molar-refractivity contribution in [2.75, 3.05) is 0 Å². The van der Waals surface area contributed by atoms with E-state index in [0.717, 1.165) is 42.4 Å². The molecule has 0 saturated heterocycles. The molecule has 0 aromatic rings. The molecule has 0 aliphatic heterocycles. The molecular formula is C20H34O. The lowest BCUT2D eigenvalue weighted by Gasteiger charge is -2.45. The molecular weight excluding hydrogens is 256 g/mol. The Kier molecular flexibility index (Phi) is 5.43. The minimum Gasteiger partial charge on any atom is -0.393 e. The fraction of sp³-hybridized carbons (Fsp3) is 0.900. The molecule has 0 radical (unpaired) electrons. The van der Waals surface area contributed by atoms with Crippen molar-refractivity contribution in [1.29, 1.82) is 0 Å². The van der Waals surface area contributed by atoms with Gasteiger partial charge in [-0.15, -0.1) is 6.58 Å². The predicted molar refractivity (Wildman–Crippen MR) is 89.1 cm³/mol. The van der Waals surface area contributed by atoms with Crippen LogP contribution in [0.2, 0.25) is 0 Å². The number of hydrogen-bond donors (Lipinski definition) is 1. The summed E-state index contributed by atoms with van der Waals surface area (Å²) in [5, 5.41) is 9.71. The van der Waals surface area contributed by atoms with Gasteiger partial charge in [-0.05, 0) is 100 Å². The number of rotatable bonds is 4. The van der Waals surface area contributed by atoms with E-state index >= 15 is 0 Å². The van der Waals surface area contributed by atoms with Gasteiger partial charge in [0.2, 0.25) is 0 Å². The normalized spacial score (nSPS) is 44.0. The molecule has 4 atom stereocenters. The van der Waals surface area contributed by atoms with Gasteiger partial charge in [-0.25, -0.2) is 0 Å². The SMILES string of the molecule is C=CCCC1CCC2CC(C3CCC(O)CC3)CCC2C1. The van der Waals surface area contributed by atoms with Crippen LogP contribution in [0, 0.1) is 29.6 Å². The van der Waals surface area contributed by atoms with Gasteiger partial charge in [0.25, 0.3) is 0 Å². The number of aliphatic hydroxyl groups excluding tert-OH is 1. The Balaban J connectivity index is 1.47. The van der Waals surface area contributed by atoms with Crippen molar-refractivity contribution in [2.24, 2.45) is 29.6 Å². The molecule has 1 heteroatoms. The highest BCUT2D eigenvalue weighted by atomic mass is 16.3.